The molecule has 0 unspecified atom stereocenters. The minimum atomic E-state index is -0.504. The zero-order valence-corrected chi connectivity index (χ0v) is 18.2. The van der Waals surface area contributed by atoms with E-state index in [1.807, 2.05) is 12.1 Å². The van der Waals surface area contributed by atoms with E-state index in [0.29, 0.717) is 32.7 Å². The zero-order valence-electron chi connectivity index (χ0n) is 16.6. The molecule has 0 aliphatic heterocycles. The van der Waals surface area contributed by atoms with E-state index >= 15 is 0 Å². The van der Waals surface area contributed by atoms with Crippen molar-refractivity contribution in [3.05, 3.63) is 94.0 Å². The van der Waals surface area contributed by atoms with Crippen molar-refractivity contribution in [1.29, 1.82) is 5.26 Å². The van der Waals surface area contributed by atoms with E-state index in [1.165, 1.54) is 6.08 Å². The van der Waals surface area contributed by atoms with Gasteiger partial charge in [0, 0.05) is 10.7 Å². The summed E-state index contributed by atoms with van der Waals surface area (Å²) >= 11 is 11.9. The number of benzene rings is 3. The number of carbonyl (C=O) groups excluding carboxylic acids is 2. The van der Waals surface area contributed by atoms with E-state index in [0.717, 1.165) is 0 Å². The summed E-state index contributed by atoms with van der Waals surface area (Å²) in [5.41, 5.74) is 1.58. The third-order valence-corrected chi connectivity index (χ3v) is 4.72. The van der Waals surface area contributed by atoms with Gasteiger partial charge in [0.05, 0.1) is 10.7 Å². The third kappa shape index (κ3) is 6.61. The highest BCUT2D eigenvalue weighted by Gasteiger charge is 2.10. The van der Waals surface area contributed by atoms with Gasteiger partial charge < -0.3 is 15.4 Å². The highest BCUT2D eigenvalue weighted by atomic mass is 35.5. The molecule has 32 heavy (non-hydrogen) atoms. The molecule has 160 valence electrons. The van der Waals surface area contributed by atoms with Crippen molar-refractivity contribution in [3.63, 3.8) is 0 Å². The van der Waals surface area contributed by atoms with Gasteiger partial charge in [0.25, 0.3) is 11.8 Å². The molecule has 8 heteroatoms. The minimum Gasteiger partial charge on any atom is -0.484 e. The second kappa shape index (κ2) is 11.0. The fourth-order valence-electron chi connectivity index (χ4n) is 2.62. The molecule has 3 rings (SSSR count). The van der Waals surface area contributed by atoms with E-state index in [4.69, 9.17) is 27.9 Å². The molecule has 0 saturated heterocycles. The molecule has 6 nitrogen and oxygen atoms in total. The molecule has 0 aliphatic rings. The van der Waals surface area contributed by atoms with Gasteiger partial charge in [0.2, 0.25) is 0 Å². The molecule has 0 atom stereocenters. The van der Waals surface area contributed by atoms with Crippen LogP contribution in [0, 0.1) is 11.3 Å². The molecular weight excluding hydrogens is 449 g/mol. The SMILES string of the molecule is N#C/C(=C\c1ccc(OCC(=O)Nc2cc(Cl)ccc2Cl)cc1)C(=O)Nc1ccccc1. The van der Waals surface area contributed by atoms with Crippen molar-refractivity contribution < 1.29 is 14.3 Å². The number of rotatable bonds is 7. The number of nitrogens with zero attached hydrogens (tertiary/aromatic N) is 1. The number of carbonyl (C=O) groups is 2. The topological polar surface area (TPSA) is 91.2 Å². The van der Waals surface area contributed by atoms with Crippen LogP contribution >= 0.6 is 23.2 Å². The predicted octanol–water partition coefficient (Wildman–Crippen LogP) is 5.56. The van der Waals surface area contributed by atoms with Gasteiger partial charge in [-0.05, 0) is 54.1 Å². The van der Waals surface area contributed by atoms with Crippen LogP contribution in [-0.4, -0.2) is 18.4 Å². The lowest BCUT2D eigenvalue weighted by atomic mass is 10.1. The molecule has 0 saturated carbocycles. The van der Waals surface area contributed by atoms with Gasteiger partial charge in [-0.3, -0.25) is 9.59 Å². The predicted molar refractivity (Wildman–Crippen MR) is 126 cm³/mol. The monoisotopic (exact) mass is 465 g/mol. The largest absolute Gasteiger partial charge is 0.484 e. The average Bonchev–Trinajstić information content (AvgIpc) is 2.80. The molecule has 3 aromatic carbocycles. The van der Waals surface area contributed by atoms with Crippen molar-refractivity contribution in [2.45, 2.75) is 0 Å². The van der Waals surface area contributed by atoms with Crippen molar-refractivity contribution in [3.8, 4) is 11.8 Å². The average molecular weight is 466 g/mol. The summed E-state index contributed by atoms with van der Waals surface area (Å²) in [7, 11) is 0. The molecule has 3 aromatic rings. The molecule has 0 bridgehead atoms. The molecule has 0 aliphatic carbocycles. The maximum Gasteiger partial charge on any atom is 0.266 e. The van der Waals surface area contributed by atoms with Gasteiger partial charge in [-0.25, -0.2) is 0 Å². The normalized spacial score (nSPS) is 10.7. The lowest BCUT2D eigenvalue weighted by Crippen LogP contribution is -2.20. The van der Waals surface area contributed by atoms with Gasteiger partial charge in [0.15, 0.2) is 6.61 Å². The maximum atomic E-state index is 12.3. The second-order valence-corrected chi connectivity index (χ2v) is 7.36. The van der Waals surface area contributed by atoms with Gasteiger partial charge >= 0.3 is 0 Å². The standard InChI is InChI=1S/C24H17Cl2N3O3/c25-18-8-11-21(26)22(13-18)29-23(30)15-32-20-9-6-16(7-10-20)12-17(14-27)24(31)28-19-4-2-1-3-5-19/h1-13H,15H2,(H,28,31)(H,29,30)/b17-12+. The Labute approximate surface area is 195 Å². The molecule has 2 N–H and O–H groups in total. The van der Waals surface area contributed by atoms with Crippen LogP contribution in [0.25, 0.3) is 6.08 Å². The van der Waals surface area contributed by atoms with Crippen LogP contribution < -0.4 is 15.4 Å². The zero-order chi connectivity index (χ0) is 22.9. The lowest BCUT2D eigenvalue weighted by Gasteiger charge is -2.09. The number of hydrogen-bond acceptors (Lipinski definition) is 4. The Morgan fingerprint density at radius 1 is 0.969 bits per heavy atom. The van der Waals surface area contributed by atoms with E-state index in [2.05, 4.69) is 10.6 Å². The molecule has 0 heterocycles. The van der Waals surface area contributed by atoms with Gasteiger partial charge in [0.1, 0.15) is 17.4 Å². The first kappa shape index (κ1) is 22.9. The van der Waals surface area contributed by atoms with Gasteiger partial charge in [-0.2, -0.15) is 5.26 Å². The summed E-state index contributed by atoms with van der Waals surface area (Å²) in [5.74, 6) is -0.459. The van der Waals surface area contributed by atoms with E-state index < -0.39 is 11.8 Å². The summed E-state index contributed by atoms with van der Waals surface area (Å²) in [5, 5.41) is 15.4. The molecule has 0 fully saturated rings. The quantitative estimate of drug-likeness (QED) is 0.353. The summed E-state index contributed by atoms with van der Waals surface area (Å²) in [6.07, 6.45) is 1.47. The number of anilines is 2. The van der Waals surface area contributed by atoms with Crippen LogP contribution in [0.5, 0.6) is 5.75 Å². The third-order valence-electron chi connectivity index (χ3n) is 4.16. The maximum absolute atomic E-state index is 12.3. The number of para-hydroxylation sites is 1. The van der Waals surface area contributed by atoms with Gasteiger partial charge in [-0.15, -0.1) is 0 Å². The first-order chi connectivity index (χ1) is 15.4. The smallest absolute Gasteiger partial charge is 0.266 e. The van der Waals surface area contributed by atoms with E-state index in [9.17, 15) is 14.9 Å². The fraction of sp³-hybridized carbons (Fsp3) is 0.0417. The summed E-state index contributed by atoms with van der Waals surface area (Å²) < 4.78 is 5.47. The van der Waals surface area contributed by atoms with Crippen molar-refractivity contribution in [2.24, 2.45) is 0 Å². The Morgan fingerprint density at radius 2 is 1.69 bits per heavy atom. The van der Waals surface area contributed by atoms with Crippen LogP contribution in [-0.2, 0) is 9.59 Å². The number of ether oxygens (including phenoxy) is 1. The van der Waals surface area contributed by atoms with Crippen molar-refractivity contribution >= 4 is 52.5 Å². The number of amides is 2. The highest BCUT2D eigenvalue weighted by molar-refractivity contribution is 6.35. The minimum absolute atomic E-state index is 0.0414. The Kier molecular flexibility index (Phi) is 7.87. The molecule has 2 amide bonds. The van der Waals surface area contributed by atoms with Gasteiger partial charge in [-0.1, -0.05) is 53.5 Å². The number of halogens is 2. The summed E-state index contributed by atoms with van der Waals surface area (Å²) in [6, 6.07) is 22.1. The summed E-state index contributed by atoms with van der Waals surface area (Å²) in [6.45, 7) is -0.235. The molecule has 0 spiro atoms. The Morgan fingerprint density at radius 3 is 2.38 bits per heavy atom. The highest BCUT2D eigenvalue weighted by Crippen LogP contribution is 2.25. The first-order valence-corrected chi connectivity index (χ1v) is 10.2. The van der Waals surface area contributed by atoms with Crippen LogP contribution in [0.1, 0.15) is 5.56 Å². The molecule has 0 radical (unpaired) electrons. The fourth-order valence-corrected chi connectivity index (χ4v) is 2.96. The van der Waals surface area contributed by atoms with Crippen LogP contribution in [0.15, 0.2) is 78.4 Å². The lowest BCUT2D eigenvalue weighted by molar-refractivity contribution is -0.118. The number of nitrogens with one attached hydrogen (secondary N) is 2. The van der Waals surface area contributed by atoms with Crippen molar-refractivity contribution in [1.82, 2.24) is 0 Å². The Balaban J connectivity index is 1.58. The van der Waals surface area contributed by atoms with Crippen LogP contribution in [0.4, 0.5) is 11.4 Å². The van der Waals surface area contributed by atoms with Crippen LogP contribution in [0.2, 0.25) is 10.0 Å². The molecule has 0 aromatic heterocycles. The van der Waals surface area contributed by atoms with E-state index in [-0.39, 0.29) is 12.2 Å². The summed E-state index contributed by atoms with van der Waals surface area (Å²) in [4.78, 5) is 24.4. The Bertz CT molecular complexity index is 1190. The Hall–Kier alpha value is -3.79. The van der Waals surface area contributed by atoms with E-state index in [1.54, 1.807) is 66.7 Å². The number of nitriles is 1. The van der Waals surface area contributed by atoms with Crippen molar-refractivity contribution in [2.75, 3.05) is 17.2 Å². The first-order valence-electron chi connectivity index (χ1n) is 9.40. The molecular formula is C24H17Cl2N3O3. The second-order valence-electron chi connectivity index (χ2n) is 6.52. The van der Waals surface area contributed by atoms with Crippen LogP contribution in [0.3, 0.4) is 0 Å². The number of hydrogen-bond donors (Lipinski definition) is 2.